The molecule has 0 amide bonds. The van der Waals surface area contributed by atoms with Crippen LogP contribution in [0.2, 0.25) is 0 Å². The molecule has 1 aromatic rings. The Kier molecular flexibility index (Phi) is 3.91. The van der Waals surface area contributed by atoms with Gasteiger partial charge in [0, 0.05) is 19.0 Å². The summed E-state index contributed by atoms with van der Waals surface area (Å²) < 4.78 is 6.84. The Morgan fingerprint density at radius 2 is 2.21 bits per heavy atom. The third-order valence-corrected chi connectivity index (χ3v) is 4.87. The van der Waals surface area contributed by atoms with Crippen LogP contribution in [0, 0.1) is 3.57 Å². The first-order valence-electron chi connectivity index (χ1n) is 6.85. The van der Waals surface area contributed by atoms with Crippen molar-refractivity contribution in [2.24, 2.45) is 0 Å². The number of likely N-dealkylation sites (N-methyl/N-ethyl adjacent to an activating group) is 1. The van der Waals surface area contributed by atoms with E-state index in [1.165, 1.54) is 12.8 Å². The predicted molar refractivity (Wildman–Crippen MR) is 81.9 cm³/mol. The number of hydrogen-bond acceptors (Lipinski definition) is 5. The number of nitrogens with two attached hydrogens (primary N) is 1. The smallest absolute Gasteiger partial charge is 0.161 e. The summed E-state index contributed by atoms with van der Waals surface area (Å²) in [7, 11) is 0. The van der Waals surface area contributed by atoms with Crippen LogP contribution in [0.3, 0.4) is 0 Å². The summed E-state index contributed by atoms with van der Waals surface area (Å²) in [6.07, 6.45) is 2.40. The zero-order valence-corrected chi connectivity index (χ0v) is 13.3. The summed E-state index contributed by atoms with van der Waals surface area (Å²) in [6, 6.07) is 0. The van der Waals surface area contributed by atoms with Crippen molar-refractivity contribution in [3.05, 3.63) is 15.1 Å². The molecule has 1 atom stereocenters. The summed E-state index contributed by atoms with van der Waals surface area (Å²) >= 11 is 2.26. The number of nitrogens with zero attached hydrogens (tertiary/aromatic N) is 3. The van der Waals surface area contributed by atoms with Gasteiger partial charge in [-0.25, -0.2) is 9.97 Å². The van der Waals surface area contributed by atoms with Gasteiger partial charge >= 0.3 is 0 Å². The van der Waals surface area contributed by atoms with Gasteiger partial charge in [0.05, 0.1) is 15.9 Å². The summed E-state index contributed by atoms with van der Waals surface area (Å²) in [5.74, 6) is 1.95. The molecule has 1 saturated heterocycles. The fourth-order valence-corrected chi connectivity index (χ4v) is 3.10. The monoisotopic (exact) mass is 374 g/mol. The average molecular weight is 374 g/mol. The quantitative estimate of drug-likeness (QED) is 0.820. The maximum atomic E-state index is 6.03. The zero-order valence-electron chi connectivity index (χ0n) is 11.1. The molecule has 104 valence electrons. The highest BCUT2D eigenvalue weighted by Crippen LogP contribution is 2.42. The molecular formula is C13H19IN4O. The van der Waals surface area contributed by atoms with Gasteiger partial charge in [0.1, 0.15) is 11.9 Å². The number of ether oxygens (including phenoxy) is 1. The van der Waals surface area contributed by atoms with Crippen molar-refractivity contribution >= 4 is 28.4 Å². The van der Waals surface area contributed by atoms with E-state index in [9.17, 15) is 0 Å². The Morgan fingerprint density at radius 1 is 1.42 bits per heavy atom. The van der Waals surface area contributed by atoms with Gasteiger partial charge in [-0.1, -0.05) is 6.92 Å². The largest absolute Gasteiger partial charge is 0.383 e. The van der Waals surface area contributed by atoms with Crippen molar-refractivity contribution in [2.75, 3.05) is 32.0 Å². The zero-order chi connectivity index (χ0) is 13.4. The second-order valence-corrected chi connectivity index (χ2v) is 6.27. The van der Waals surface area contributed by atoms with E-state index >= 15 is 0 Å². The summed E-state index contributed by atoms with van der Waals surface area (Å²) in [4.78, 5) is 11.5. The second kappa shape index (κ2) is 5.49. The maximum absolute atomic E-state index is 6.03. The van der Waals surface area contributed by atoms with Crippen LogP contribution in [0.5, 0.6) is 0 Å². The van der Waals surface area contributed by atoms with Gasteiger partial charge in [-0.05, 0) is 42.0 Å². The first kappa shape index (κ1) is 13.5. The molecule has 2 fully saturated rings. The molecule has 1 aliphatic heterocycles. The highest BCUT2D eigenvalue weighted by atomic mass is 127. The molecule has 1 aliphatic carbocycles. The van der Waals surface area contributed by atoms with Gasteiger partial charge in [0.2, 0.25) is 0 Å². The van der Waals surface area contributed by atoms with E-state index in [0.29, 0.717) is 11.7 Å². The number of hydrogen-bond donors (Lipinski definition) is 1. The van der Waals surface area contributed by atoms with Crippen molar-refractivity contribution in [1.29, 1.82) is 0 Å². The van der Waals surface area contributed by atoms with Gasteiger partial charge < -0.3 is 10.5 Å². The number of anilines is 1. The number of nitrogen functional groups attached to an aromatic ring is 1. The lowest BCUT2D eigenvalue weighted by atomic mass is 10.2. The molecule has 3 rings (SSSR count). The Balaban J connectivity index is 1.87. The van der Waals surface area contributed by atoms with E-state index in [-0.39, 0.29) is 6.10 Å². The third kappa shape index (κ3) is 2.85. The molecule has 0 aromatic carbocycles. The molecular weight excluding hydrogens is 355 g/mol. The van der Waals surface area contributed by atoms with Gasteiger partial charge in [0.15, 0.2) is 5.82 Å². The lowest BCUT2D eigenvalue weighted by Gasteiger charge is -2.31. The predicted octanol–water partition coefficient (Wildman–Crippen LogP) is 1.93. The lowest BCUT2D eigenvalue weighted by Crippen LogP contribution is -2.38. The van der Waals surface area contributed by atoms with E-state index in [0.717, 1.165) is 41.3 Å². The Labute approximate surface area is 127 Å². The van der Waals surface area contributed by atoms with Crippen molar-refractivity contribution in [3.63, 3.8) is 0 Å². The van der Waals surface area contributed by atoms with Crippen molar-refractivity contribution < 1.29 is 4.74 Å². The molecule has 1 saturated carbocycles. The third-order valence-electron chi connectivity index (χ3n) is 3.77. The molecule has 19 heavy (non-hydrogen) atoms. The van der Waals surface area contributed by atoms with Crippen LogP contribution in [0.1, 0.15) is 43.3 Å². The van der Waals surface area contributed by atoms with Crippen molar-refractivity contribution in [2.45, 2.75) is 31.8 Å². The van der Waals surface area contributed by atoms with Gasteiger partial charge in [-0.3, -0.25) is 4.90 Å². The van der Waals surface area contributed by atoms with E-state index in [1.807, 2.05) is 0 Å². The number of aromatic nitrogens is 2. The van der Waals surface area contributed by atoms with Gasteiger partial charge in [-0.15, -0.1) is 0 Å². The van der Waals surface area contributed by atoms with Crippen LogP contribution in [0.25, 0.3) is 0 Å². The molecule has 1 aromatic heterocycles. The van der Waals surface area contributed by atoms with E-state index in [4.69, 9.17) is 15.5 Å². The summed E-state index contributed by atoms with van der Waals surface area (Å²) in [6.45, 7) is 5.80. The van der Waals surface area contributed by atoms with Crippen molar-refractivity contribution in [3.8, 4) is 0 Å². The topological polar surface area (TPSA) is 64.3 Å². The minimum absolute atomic E-state index is 0.0366. The first-order valence-corrected chi connectivity index (χ1v) is 7.93. The molecule has 1 unspecified atom stereocenters. The highest BCUT2D eigenvalue weighted by Gasteiger charge is 2.31. The van der Waals surface area contributed by atoms with Crippen LogP contribution in [-0.2, 0) is 4.74 Å². The van der Waals surface area contributed by atoms with Crippen LogP contribution >= 0.6 is 22.6 Å². The standard InChI is InChI=1S/C13H19IN4O/c1-2-18-5-6-19-9(7-18)13-16-11(8-3-4-8)10(14)12(15)17-13/h8-9H,2-7H2,1H3,(H2,15,16,17). The Bertz CT molecular complexity index is 478. The molecule has 0 bridgehead atoms. The van der Waals surface area contributed by atoms with Crippen LogP contribution < -0.4 is 5.73 Å². The molecule has 0 spiro atoms. The van der Waals surface area contributed by atoms with E-state index in [1.54, 1.807) is 0 Å². The summed E-state index contributed by atoms with van der Waals surface area (Å²) in [5, 5.41) is 0. The van der Waals surface area contributed by atoms with Crippen LogP contribution in [0.15, 0.2) is 0 Å². The highest BCUT2D eigenvalue weighted by molar-refractivity contribution is 14.1. The number of morpholine rings is 1. The summed E-state index contributed by atoms with van der Waals surface area (Å²) in [5.41, 5.74) is 7.16. The molecule has 2 N–H and O–H groups in total. The average Bonchev–Trinajstić information content (AvgIpc) is 3.26. The minimum atomic E-state index is -0.0366. The van der Waals surface area contributed by atoms with Crippen molar-refractivity contribution in [1.82, 2.24) is 14.9 Å². The van der Waals surface area contributed by atoms with Gasteiger partial charge in [-0.2, -0.15) is 0 Å². The van der Waals surface area contributed by atoms with E-state index in [2.05, 4.69) is 39.4 Å². The molecule has 5 nitrogen and oxygen atoms in total. The first-order chi connectivity index (χ1) is 9.19. The Hall–Kier alpha value is -0.470. The van der Waals surface area contributed by atoms with Crippen LogP contribution in [0.4, 0.5) is 5.82 Å². The maximum Gasteiger partial charge on any atom is 0.161 e. The van der Waals surface area contributed by atoms with E-state index < -0.39 is 0 Å². The molecule has 2 aliphatic rings. The fraction of sp³-hybridized carbons (Fsp3) is 0.692. The molecule has 2 heterocycles. The SMILES string of the molecule is CCN1CCOC(c2nc(N)c(I)c(C3CC3)n2)C1. The lowest BCUT2D eigenvalue weighted by molar-refractivity contribution is -0.0326. The second-order valence-electron chi connectivity index (χ2n) is 5.19. The molecule has 0 radical (unpaired) electrons. The van der Waals surface area contributed by atoms with Crippen LogP contribution in [-0.4, -0.2) is 41.1 Å². The minimum Gasteiger partial charge on any atom is -0.383 e. The number of halogens is 1. The normalized spacial score (nSPS) is 24.6. The van der Waals surface area contributed by atoms with Gasteiger partial charge in [0.25, 0.3) is 0 Å². The Morgan fingerprint density at radius 3 is 2.89 bits per heavy atom. The fourth-order valence-electron chi connectivity index (χ4n) is 2.42. The molecule has 6 heteroatoms. The number of rotatable bonds is 3.